The van der Waals surface area contributed by atoms with E-state index in [0.717, 1.165) is 34.6 Å². The molecule has 0 radical (unpaired) electrons. The van der Waals surface area contributed by atoms with E-state index >= 15 is 0 Å². The number of amides is 1. The molecule has 1 saturated heterocycles. The molecule has 0 spiro atoms. The van der Waals surface area contributed by atoms with Crippen LogP contribution in [0.25, 0.3) is 0 Å². The predicted octanol–water partition coefficient (Wildman–Crippen LogP) is 3.50. The molecule has 29 heavy (non-hydrogen) atoms. The first-order chi connectivity index (χ1) is 13.6. The molecule has 4 rings (SSSR count). The van der Waals surface area contributed by atoms with E-state index in [2.05, 4.69) is 6.92 Å². The van der Waals surface area contributed by atoms with Crippen molar-refractivity contribution in [3.8, 4) is 0 Å². The maximum absolute atomic E-state index is 13.5. The fourth-order valence-electron chi connectivity index (χ4n) is 5.91. The molecule has 3 unspecified atom stereocenters. The SMILES string of the molecule is Cc1c(C)c(C)c(S(=O)(=O)N2CCN(C(=O)C3CC4CCC3C4)CC2)c(C)c1C. The smallest absolute Gasteiger partial charge is 0.243 e. The van der Waals surface area contributed by atoms with Crippen LogP contribution in [0, 0.1) is 52.4 Å². The van der Waals surface area contributed by atoms with Crippen LogP contribution in [0.15, 0.2) is 4.90 Å². The minimum Gasteiger partial charge on any atom is -0.340 e. The molecule has 0 aromatic heterocycles. The molecule has 3 aliphatic rings. The second-order valence-corrected chi connectivity index (χ2v) is 11.3. The lowest BCUT2D eigenvalue weighted by Crippen LogP contribution is -2.52. The van der Waals surface area contributed by atoms with E-state index < -0.39 is 10.0 Å². The summed E-state index contributed by atoms with van der Waals surface area (Å²) < 4.78 is 28.6. The normalized spacial score (nSPS) is 27.6. The summed E-state index contributed by atoms with van der Waals surface area (Å²) in [5, 5.41) is 0. The highest BCUT2D eigenvalue weighted by Gasteiger charge is 2.45. The van der Waals surface area contributed by atoms with Crippen molar-refractivity contribution in [2.45, 2.75) is 65.2 Å². The van der Waals surface area contributed by atoms with E-state index in [9.17, 15) is 13.2 Å². The maximum Gasteiger partial charge on any atom is 0.243 e. The summed E-state index contributed by atoms with van der Waals surface area (Å²) in [4.78, 5) is 15.4. The summed E-state index contributed by atoms with van der Waals surface area (Å²) in [5.41, 5.74) is 4.98. The van der Waals surface area contributed by atoms with Crippen LogP contribution in [0.3, 0.4) is 0 Å². The lowest BCUT2D eigenvalue weighted by molar-refractivity contribution is -0.138. The van der Waals surface area contributed by atoms with Crippen LogP contribution in [0.5, 0.6) is 0 Å². The number of carbonyl (C=O) groups excluding carboxylic acids is 1. The minimum absolute atomic E-state index is 0.184. The second kappa shape index (κ2) is 7.38. The highest BCUT2D eigenvalue weighted by atomic mass is 32.2. The molecule has 2 bridgehead atoms. The number of rotatable bonds is 3. The van der Waals surface area contributed by atoms with Crippen LogP contribution in [0.4, 0.5) is 0 Å². The zero-order valence-electron chi connectivity index (χ0n) is 18.4. The van der Waals surface area contributed by atoms with Gasteiger partial charge in [-0.3, -0.25) is 4.79 Å². The summed E-state index contributed by atoms with van der Waals surface area (Å²) >= 11 is 0. The van der Waals surface area contributed by atoms with Gasteiger partial charge in [0.05, 0.1) is 4.90 Å². The third kappa shape index (κ3) is 3.32. The Balaban J connectivity index is 1.51. The quantitative estimate of drug-likeness (QED) is 0.755. The van der Waals surface area contributed by atoms with Crippen molar-refractivity contribution in [2.24, 2.45) is 17.8 Å². The van der Waals surface area contributed by atoms with Crippen LogP contribution in [-0.2, 0) is 14.8 Å². The second-order valence-electron chi connectivity index (χ2n) is 9.46. The van der Waals surface area contributed by atoms with Crippen LogP contribution in [0.2, 0.25) is 0 Å². The van der Waals surface area contributed by atoms with E-state index in [1.807, 2.05) is 32.6 Å². The number of fused-ring (bicyclic) bond motifs is 2. The molecule has 5 nitrogen and oxygen atoms in total. The van der Waals surface area contributed by atoms with E-state index in [1.54, 1.807) is 4.31 Å². The summed E-state index contributed by atoms with van der Waals surface area (Å²) in [5.74, 6) is 1.76. The molecular formula is C23H34N2O3S. The van der Waals surface area contributed by atoms with E-state index in [1.165, 1.54) is 24.8 Å². The number of carbonyl (C=O) groups is 1. The highest BCUT2D eigenvalue weighted by molar-refractivity contribution is 7.89. The molecular weight excluding hydrogens is 384 g/mol. The highest BCUT2D eigenvalue weighted by Crippen LogP contribution is 2.49. The molecule has 1 aliphatic heterocycles. The Labute approximate surface area is 175 Å². The van der Waals surface area contributed by atoms with Gasteiger partial charge in [0, 0.05) is 32.1 Å². The summed E-state index contributed by atoms with van der Waals surface area (Å²) in [6.45, 7) is 11.7. The largest absolute Gasteiger partial charge is 0.340 e. The third-order valence-electron chi connectivity index (χ3n) is 8.13. The van der Waals surface area contributed by atoms with Crippen LogP contribution >= 0.6 is 0 Å². The van der Waals surface area contributed by atoms with Crippen LogP contribution in [0.1, 0.15) is 53.5 Å². The Morgan fingerprint density at radius 3 is 1.83 bits per heavy atom. The molecule has 3 atom stereocenters. The fraction of sp³-hybridized carbons (Fsp3) is 0.696. The van der Waals surface area contributed by atoms with E-state index in [-0.39, 0.29) is 11.8 Å². The van der Waals surface area contributed by atoms with Gasteiger partial charge in [0.25, 0.3) is 0 Å². The van der Waals surface area contributed by atoms with Crippen LogP contribution in [-0.4, -0.2) is 49.7 Å². The van der Waals surface area contributed by atoms with Gasteiger partial charge in [0.1, 0.15) is 0 Å². The average Bonchev–Trinajstić information content (AvgIpc) is 3.34. The first kappa shape index (κ1) is 20.9. The predicted molar refractivity (Wildman–Crippen MR) is 114 cm³/mol. The van der Waals surface area contributed by atoms with Gasteiger partial charge in [-0.1, -0.05) is 6.42 Å². The summed E-state index contributed by atoms with van der Waals surface area (Å²) in [6, 6.07) is 0. The van der Waals surface area contributed by atoms with Crippen LogP contribution < -0.4 is 0 Å². The Morgan fingerprint density at radius 2 is 1.34 bits per heavy atom. The number of nitrogens with zero attached hydrogens (tertiary/aromatic N) is 2. The van der Waals surface area contributed by atoms with Gasteiger partial charge < -0.3 is 4.90 Å². The molecule has 160 valence electrons. The number of benzene rings is 1. The monoisotopic (exact) mass is 418 g/mol. The maximum atomic E-state index is 13.5. The zero-order valence-corrected chi connectivity index (χ0v) is 19.2. The van der Waals surface area contributed by atoms with Gasteiger partial charge in [-0.05, 0) is 93.5 Å². The number of hydrogen-bond donors (Lipinski definition) is 0. The van der Waals surface area contributed by atoms with Crippen molar-refractivity contribution in [1.29, 1.82) is 0 Å². The van der Waals surface area contributed by atoms with Crippen molar-refractivity contribution in [3.05, 3.63) is 27.8 Å². The van der Waals surface area contributed by atoms with Crippen molar-refractivity contribution in [1.82, 2.24) is 9.21 Å². The molecule has 2 aliphatic carbocycles. The van der Waals surface area contributed by atoms with Gasteiger partial charge >= 0.3 is 0 Å². The first-order valence-electron chi connectivity index (χ1n) is 11.0. The Bertz CT molecular complexity index is 916. The molecule has 6 heteroatoms. The van der Waals surface area contributed by atoms with Gasteiger partial charge in [-0.15, -0.1) is 0 Å². The zero-order chi connectivity index (χ0) is 21.1. The Kier molecular flexibility index (Phi) is 5.31. The van der Waals surface area contributed by atoms with Gasteiger partial charge in [-0.2, -0.15) is 4.31 Å². The first-order valence-corrected chi connectivity index (χ1v) is 12.4. The minimum atomic E-state index is -3.57. The topological polar surface area (TPSA) is 57.7 Å². The van der Waals surface area contributed by atoms with Gasteiger partial charge in [0.15, 0.2) is 0 Å². The molecule has 1 aromatic carbocycles. The van der Waals surface area contributed by atoms with Gasteiger partial charge in [-0.25, -0.2) is 8.42 Å². The average molecular weight is 419 g/mol. The van der Waals surface area contributed by atoms with Crippen molar-refractivity contribution >= 4 is 15.9 Å². The van der Waals surface area contributed by atoms with E-state index in [4.69, 9.17) is 0 Å². The molecule has 1 amide bonds. The molecule has 0 N–H and O–H groups in total. The Hall–Kier alpha value is -1.40. The molecule has 2 saturated carbocycles. The Morgan fingerprint density at radius 1 is 0.793 bits per heavy atom. The van der Waals surface area contributed by atoms with Crippen molar-refractivity contribution in [2.75, 3.05) is 26.2 Å². The fourth-order valence-corrected chi connectivity index (χ4v) is 7.89. The molecule has 1 heterocycles. The third-order valence-corrected chi connectivity index (χ3v) is 10.3. The molecule has 1 aromatic rings. The number of sulfonamides is 1. The number of piperazine rings is 1. The lowest BCUT2D eigenvalue weighted by Gasteiger charge is -2.37. The standard InChI is InChI=1S/C23H34N2O3S/c1-14-15(2)17(4)22(18(5)16(14)3)29(27,28)25-10-8-24(9-11-25)23(26)21-13-19-6-7-20(21)12-19/h19-21H,6-13H2,1-5H3. The molecule has 3 fully saturated rings. The van der Waals surface area contributed by atoms with E-state index in [0.29, 0.717) is 37.0 Å². The number of hydrogen-bond acceptors (Lipinski definition) is 3. The van der Waals surface area contributed by atoms with Crippen molar-refractivity contribution < 1.29 is 13.2 Å². The van der Waals surface area contributed by atoms with Gasteiger partial charge in [0.2, 0.25) is 15.9 Å². The van der Waals surface area contributed by atoms with Crippen molar-refractivity contribution in [3.63, 3.8) is 0 Å². The summed E-state index contributed by atoms with van der Waals surface area (Å²) in [7, 11) is -3.57. The summed E-state index contributed by atoms with van der Waals surface area (Å²) in [6.07, 6.45) is 4.74. The lowest BCUT2D eigenvalue weighted by atomic mass is 9.87.